The maximum absolute atomic E-state index is 6.57. The summed E-state index contributed by atoms with van der Waals surface area (Å²) in [6, 6.07) is 9.92. The van der Waals surface area contributed by atoms with E-state index < -0.39 is 0 Å². The third-order valence-electron chi connectivity index (χ3n) is 4.76. The van der Waals surface area contributed by atoms with Crippen LogP contribution >= 0.6 is 39.1 Å². The van der Waals surface area contributed by atoms with E-state index in [1.54, 1.807) is 0 Å². The molecule has 2 aromatic carbocycles. The molecule has 0 N–H and O–H groups in total. The Kier molecular flexibility index (Phi) is 10.1. The van der Waals surface area contributed by atoms with Gasteiger partial charge in [0.25, 0.3) is 0 Å². The van der Waals surface area contributed by atoms with Crippen molar-refractivity contribution in [3.63, 3.8) is 0 Å². The molecule has 2 nitrogen and oxygen atoms in total. The van der Waals surface area contributed by atoms with Gasteiger partial charge in [0.1, 0.15) is 18.1 Å². The number of unbranched alkanes of at least 4 members (excludes halogenated alkanes) is 1. The van der Waals surface area contributed by atoms with Crippen molar-refractivity contribution in [2.45, 2.75) is 51.3 Å². The summed E-state index contributed by atoms with van der Waals surface area (Å²) in [5.74, 6) is 2.05. The highest BCUT2D eigenvalue weighted by Gasteiger charge is 2.16. The highest BCUT2D eigenvalue weighted by Crippen LogP contribution is 2.40. The Labute approximate surface area is 181 Å². The van der Waals surface area contributed by atoms with Crippen LogP contribution in [0.1, 0.15) is 46.0 Å². The first-order chi connectivity index (χ1) is 13.1. The highest BCUT2D eigenvalue weighted by molar-refractivity contribution is 9.09. The third kappa shape index (κ3) is 6.73. The molecule has 0 aromatic heterocycles. The molecule has 2 atom stereocenters. The topological polar surface area (TPSA) is 18.5 Å². The van der Waals surface area contributed by atoms with E-state index in [4.69, 9.17) is 32.7 Å². The fraction of sp³-hybridized carbons (Fsp3) is 0.545. The average molecular weight is 476 g/mol. The fourth-order valence-corrected chi connectivity index (χ4v) is 4.27. The Balaban J connectivity index is 2.20. The molecule has 0 aliphatic carbocycles. The number of ether oxygens (including phenoxy) is 2. The zero-order valence-corrected chi connectivity index (χ0v) is 19.2. The van der Waals surface area contributed by atoms with Gasteiger partial charge in [-0.25, -0.2) is 0 Å². The Morgan fingerprint density at radius 3 is 2.44 bits per heavy atom. The Bertz CT molecular complexity index is 708. The van der Waals surface area contributed by atoms with Crippen LogP contribution in [0.3, 0.4) is 0 Å². The summed E-state index contributed by atoms with van der Waals surface area (Å²) in [4.78, 5) is 0. The molecule has 0 saturated carbocycles. The van der Waals surface area contributed by atoms with Crippen LogP contribution in [0.25, 0.3) is 10.8 Å². The number of rotatable bonds is 12. The van der Waals surface area contributed by atoms with E-state index in [9.17, 15) is 0 Å². The first kappa shape index (κ1) is 22.6. The molecule has 0 radical (unpaired) electrons. The number of halogens is 3. The van der Waals surface area contributed by atoms with Gasteiger partial charge >= 0.3 is 0 Å². The van der Waals surface area contributed by atoms with Gasteiger partial charge in [-0.05, 0) is 18.8 Å². The van der Waals surface area contributed by atoms with Gasteiger partial charge in [-0.15, -0.1) is 11.6 Å². The Morgan fingerprint density at radius 2 is 1.78 bits per heavy atom. The lowest BCUT2D eigenvalue weighted by molar-refractivity contribution is 0.235. The van der Waals surface area contributed by atoms with Crippen LogP contribution in [0, 0.1) is 5.92 Å². The molecule has 0 aliphatic rings. The van der Waals surface area contributed by atoms with Crippen molar-refractivity contribution in [3.05, 3.63) is 35.4 Å². The zero-order valence-electron chi connectivity index (χ0n) is 16.1. The molecule has 0 bridgehead atoms. The van der Waals surface area contributed by atoms with Crippen molar-refractivity contribution in [2.75, 3.05) is 18.5 Å². The van der Waals surface area contributed by atoms with Crippen LogP contribution in [0.4, 0.5) is 0 Å². The summed E-state index contributed by atoms with van der Waals surface area (Å²) < 4.78 is 12.2. The van der Waals surface area contributed by atoms with E-state index >= 15 is 0 Å². The average Bonchev–Trinajstić information content (AvgIpc) is 2.68. The molecule has 2 unspecified atom stereocenters. The summed E-state index contributed by atoms with van der Waals surface area (Å²) in [5.41, 5.74) is 0. The van der Waals surface area contributed by atoms with Crippen molar-refractivity contribution in [2.24, 2.45) is 5.92 Å². The minimum atomic E-state index is -0.0401. The molecule has 5 heteroatoms. The monoisotopic (exact) mass is 474 g/mol. The number of fused-ring (bicyclic) bond motifs is 1. The largest absolute Gasteiger partial charge is 0.491 e. The minimum Gasteiger partial charge on any atom is -0.491 e. The summed E-state index contributed by atoms with van der Waals surface area (Å²) >= 11 is 16.3. The van der Waals surface area contributed by atoms with Crippen molar-refractivity contribution in [3.8, 4) is 11.5 Å². The standard InChI is InChI=1S/C22H29BrCl2O2/c1-3-5-8-16(4-2)14-27-22-19-10-7-6-9-18(19)21(13-20(22)25)26-15-17(24)11-12-23/h6-7,9-10,13,16-17H,3-5,8,11-12,14-15H2,1-2H3. The van der Waals surface area contributed by atoms with Crippen LogP contribution in [-0.2, 0) is 0 Å². The van der Waals surface area contributed by atoms with Crippen molar-refractivity contribution in [1.29, 1.82) is 0 Å². The normalized spacial score (nSPS) is 13.5. The van der Waals surface area contributed by atoms with Gasteiger partial charge in [-0.1, -0.05) is 84.9 Å². The SMILES string of the molecule is CCCCC(CC)COc1c(Cl)cc(OCC(Cl)CCBr)c2ccccc12. The predicted molar refractivity (Wildman–Crippen MR) is 121 cm³/mol. The lowest BCUT2D eigenvalue weighted by atomic mass is 10.0. The van der Waals surface area contributed by atoms with Crippen LogP contribution in [0.15, 0.2) is 30.3 Å². The van der Waals surface area contributed by atoms with Crippen LogP contribution < -0.4 is 9.47 Å². The van der Waals surface area contributed by atoms with E-state index in [2.05, 4.69) is 29.8 Å². The van der Waals surface area contributed by atoms with Gasteiger partial charge in [0.2, 0.25) is 0 Å². The van der Waals surface area contributed by atoms with E-state index in [0.29, 0.717) is 24.2 Å². The van der Waals surface area contributed by atoms with Crippen LogP contribution in [0.5, 0.6) is 11.5 Å². The Morgan fingerprint density at radius 1 is 1.04 bits per heavy atom. The second-order valence-electron chi connectivity index (χ2n) is 6.84. The zero-order chi connectivity index (χ0) is 19.6. The van der Waals surface area contributed by atoms with E-state index in [1.165, 1.54) is 19.3 Å². The Hall–Kier alpha value is -0.640. The van der Waals surface area contributed by atoms with Gasteiger partial charge in [-0.3, -0.25) is 0 Å². The molecule has 2 rings (SSSR count). The molecular weight excluding hydrogens is 447 g/mol. The van der Waals surface area contributed by atoms with Crippen molar-refractivity contribution >= 4 is 49.9 Å². The third-order valence-corrected chi connectivity index (χ3v) is 5.84. The molecule has 150 valence electrons. The molecule has 0 fully saturated rings. The second kappa shape index (κ2) is 12.0. The van der Waals surface area contributed by atoms with Crippen LogP contribution in [0.2, 0.25) is 5.02 Å². The van der Waals surface area contributed by atoms with Gasteiger partial charge in [0, 0.05) is 22.2 Å². The lowest BCUT2D eigenvalue weighted by Gasteiger charge is -2.19. The molecule has 0 heterocycles. The first-order valence-corrected chi connectivity index (χ1v) is 11.7. The van der Waals surface area contributed by atoms with Crippen molar-refractivity contribution in [1.82, 2.24) is 0 Å². The molecule has 0 amide bonds. The maximum atomic E-state index is 6.57. The van der Waals surface area contributed by atoms with Gasteiger partial charge < -0.3 is 9.47 Å². The number of hydrogen-bond donors (Lipinski definition) is 0. The number of benzene rings is 2. The van der Waals surface area contributed by atoms with Gasteiger partial charge in [-0.2, -0.15) is 0 Å². The number of hydrogen-bond acceptors (Lipinski definition) is 2. The minimum absolute atomic E-state index is 0.0401. The molecule has 27 heavy (non-hydrogen) atoms. The molecule has 0 aliphatic heterocycles. The quantitative estimate of drug-likeness (QED) is 0.291. The smallest absolute Gasteiger partial charge is 0.145 e. The van der Waals surface area contributed by atoms with Gasteiger partial charge in [0.15, 0.2) is 0 Å². The lowest BCUT2D eigenvalue weighted by Crippen LogP contribution is -2.13. The maximum Gasteiger partial charge on any atom is 0.145 e. The number of alkyl halides is 2. The van der Waals surface area contributed by atoms with Gasteiger partial charge in [0.05, 0.1) is 17.0 Å². The molecular formula is C22H29BrCl2O2. The summed E-state index contributed by atoms with van der Waals surface area (Å²) in [7, 11) is 0. The summed E-state index contributed by atoms with van der Waals surface area (Å²) in [5, 5.41) is 3.38. The van der Waals surface area contributed by atoms with Crippen LogP contribution in [-0.4, -0.2) is 23.9 Å². The predicted octanol–water partition coefficient (Wildman–Crippen LogP) is 7.86. The van der Waals surface area contributed by atoms with E-state index in [1.807, 2.05) is 30.3 Å². The first-order valence-electron chi connectivity index (χ1n) is 9.77. The van der Waals surface area contributed by atoms with Crippen molar-refractivity contribution < 1.29 is 9.47 Å². The second-order valence-corrected chi connectivity index (χ2v) is 8.66. The summed E-state index contributed by atoms with van der Waals surface area (Å²) in [6.45, 7) is 5.58. The van der Waals surface area contributed by atoms with E-state index in [-0.39, 0.29) is 5.38 Å². The molecule has 0 saturated heterocycles. The fourth-order valence-electron chi connectivity index (χ4n) is 3.03. The molecule has 2 aromatic rings. The highest BCUT2D eigenvalue weighted by atomic mass is 79.9. The summed E-state index contributed by atoms with van der Waals surface area (Å²) in [6.07, 6.45) is 5.60. The molecule has 0 spiro atoms. The van der Waals surface area contributed by atoms with E-state index in [0.717, 1.165) is 40.4 Å².